The van der Waals surface area contributed by atoms with Crippen molar-refractivity contribution >= 4 is 29.0 Å². The first-order valence-corrected chi connectivity index (χ1v) is 8.36. The van der Waals surface area contributed by atoms with Gasteiger partial charge in [0, 0.05) is 0 Å². The summed E-state index contributed by atoms with van der Waals surface area (Å²) in [6.45, 7) is 0. The van der Waals surface area contributed by atoms with Crippen molar-refractivity contribution in [3.05, 3.63) is 58.5 Å². The van der Waals surface area contributed by atoms with Gasteiger partial charge in [-0.15, -0.1) is 0 Å². The molecule has 2 aromatic rings. The van der Waals surface area contributed by atoms with Crippen LogP contribution in [0.5, 0.6) is 17.2 Å². The maximum atomic E-state index is 12.6. The van der Waals surface area contributed by atoms with Crippen molar-refractivity contribution in [3.63, 3.8) is 0 Å². The summed E-state index contributed by atoms with van der Waals surface area (Å²) in [5, 5.41) is 1.71. The van der Waals surface area contributed by atoms with Gasteiger partial charge in [0.05, 0.1) is 17.6 Å². The van der Waals surface area contributed by atoms with Crippen molar-refractivity contribution in [2.45, 2.75) is 6.18 Å². The highest BCUT2D eigenvalue weighted by Crippen LogP contribution is 2.36. The van der Waals surface area contributed by atoms with E-state index in [0.717, 1.165) is 23.9 Å². The average molecular weight is 395 g/mol. The lowest BCUT2D eigenvalue weighted by molar-refractivity contribution is -0.137. The maximum absolute atomic E-state index is 12.6. The second kappa shape index (κ2) is 7.36. The third-order valence-electron chi connectivity index (χ3n) is 3.54. The molecule has 3 rings (SSSR count). The Bertz CT molecular complexity index is 923. The van der Waals surface area contributed by atoms with E-state index in [-0.39, 0.29) is 10.7 Å². The molecule has 5 nitrogen and oxygen atoms in total. The number of thioether (sulfide) groups is 1. The smallest absolute Gasteiger partial charge is 0.416 e. The zero-order chi connectivity index (χ0) is 19.6. The molecule has 1 aliphatic rings. The molecule has 0 saturated carbocycles. The Balaban J connectivity index is 1.82. The maximum Gasteiger partial charge on any atom is 0.416 e. The molecule has 140 valence electrons. The van der Waals surface area contributed by atoms with E-state index in [0.29, 0.717) is 17.1 Å². The highest BCUT2D eigenvalue weighted by atomic mass is 32.2. The Labute approximate surface area is 156 Å². The van der Waals surface area contributed by atoms with Crippen LogP contribution in [0.15, 0.2) is 47.4 Å². The van der Waals surface area contributed by atoms with Crippen LogP contribution in [0.4, 0.5) is 18.0 Å². The number of carbonyl (C=O) groups excluding carboxylic acids is 2. The van der Waals surface area contributed by atoms with Crippen LogP contribution in [0.2, 0.25) is 0 Å². The Morgan fingerprint density at radius 3 is 2.30 bits per heavy atom. The molecule has 27 heavy (non-hydrogen) atoms. The van der Waals surface area contributed by atoms with Crippen molar-refractivity contribution in [2.75, 3.05) is 7.11 Å². The highest BCUT2D eigenvalue weighted by Gasteiger charge is 2.30. The number of rotatable bonds is 4. The predicted molar refractivity (Wildman–Crippen MR) is 93.6 cm³/mol. The lowest BCUT2D eigenvalue weighted by Crippen LogP contribution is -2.17. The van der Waals surface area contributed by atoms with E-state index in [2.05, 4.69) is 5.32 Å². The summed E-state index contributed by atoms with van der Waals surface area (Å²) in [6.07, 6.45) is -2.90. The van der Waals surface area contributed by atoms with E-state index in [1.165, 1.54) is 25.3 Å². The number of methoxy groups -OCH3 is 1. The Morgan fingerprint density at radius 1 is 1.04 bits per heavy atom. The van der Waals surface area contributed by atoms with Crippen molar-refractivity contribution in [1.29, 1.82) is 0 Å². The van der Waals surface area contributed by atoms with E-state index >= 15 is 0 Å². The molecule has 1 N–H and O–H groups in total. The summed E-state index contributed by atoms with van der Waals surface area (Å²) in [6, 6.07) is 9.05. The number of hydrogen-bond acceptors (Lipinski definition) is 5. The average Bonchev–Trinajstić information content (AvgIpc) is 2.93. The predicted octanol–water partition coefficient (Wildman–Crippen LogP) is 4.83. The van der Waals surface area contributed by atoms with Crippen LogP contribution in [0.1, 0.15) is 11.1 Å². The number of carbonyl (C=O) groups is 2. The number of amides is 2. The monoisotopic (exact) mass is 395 g/mol. The fourth-order valence-electron chi connectivity index (χ4n) is 2.27. The number of hydrogen-bond donors (Lipinski definition) is 1. The molecule has 9 heteroatoms. The van der Waals surface area contributed by atoms with Gasteiger partial charge in [-0.2, -0.15) is 13.2 Å². The molecule has 1 heterocycles. The molecule has 1 fully saturated rings. The molecule has 0 aliphatic carbocycles. The van der Waals surface area contributed by atoms with Crippen molar-refractivity contribution in [2.24, 2.45) is 0 Å². The summed E-state index contributed by atoms with van der Waals surface area (Å²) in [5.74, 6) is 0.343. The highest BCUT2D eigenvalue weighted by molar-refractivity contribution is 8.18. The van der Waals surface area contributed by atoms with Crippen LogP contribution in [0.3, 0.4) is 0 Å². The van der Waals surface area contributed by atoms with Gasteiger partial charge in [-0.05, 0) is 59.8 Å². The minimum Gasteiger partial charge on any atom is -0.493 e. The standard InChI is InChI=1S/C18H12F3NO4S/c1-25-14-8-10(9-15-16(23)22-17(24)27-15)2-7-13(14)26-12-5-3-11(4-6-12)18(19,20)21/h2-9H,1H3,(H,22,23,24). The zero-order valence-corrected chi connectivity index (χ0v) is 14.6. The third kappa shape index (κ3) is 4.43. The molecule has 0 aromatic heterocycles. The molecule has 1 saturated heterocycles. The van der Waals surface area contributed by atoms with Crippen molar-refractivity contribution < 1.29 is 32.2 Å². The van der Waals surface area contributed by atoms with E-state index in [1.54, 1.807) is 18.2 Å². The van der Waals surface area contributed by atoms with Crippen LogP contribution >= 0.6 is 11.8 Å². The largest absolute Gasteiger partial charge is 0.493 e. The number of alkyl halides is 3. The second-order valence-corrected chi connectivity index (χ2v) is 6.40. The Morgan fingerprint density at radius 2 is 1.74 bits per heavy atom. The topological polar surface area (TPSA) is 64.6 Å². The van der Waals surface area contributed by atoms with Crippen LogP contribution in [0, 0.1) is 0 Å². The summed E-state index contributed by atoms with van der Waals surface area (Å²) < 4.78 is 48.7. The fourth-order valence-corrected chi connectivity index (χ4v) is 2.95. The molecule has 2 amide bonds. The minimum atomic E-state index is -4.42. The molecule has 0 spiro atoms. The minimum absolute atomic E-state index is 0.212. The summed E-state index contributed by atoms with van der Waals surface area (Å²) >= 11 is 0.790. The van der Waals surface area contributed by atoms with Gasteiger partial charge in [0.2, 0.25) is 0 Å². The van der Waals surface area contributed by atoms with Gasteiger partial charge in [-0.25, -0.2) is 0 Å². The molecule has 0 radical (unpaired) electrons. The van der Waals surface area contributed by atoms with Gasteiger partial charge in [-0.1, -0.05) is 6.07 Å². The first-order valence-electron chi connectivity index (χ1n) is 7.54. The van der Waals surface area contributed by atoms with Gasteiger partial charge < -0.3 is 9.47 Å². The van der Waals surface area contributed by atoms with Crippen LogP contribution < -0.4 is 14.8 Å². The van der Waals surface area contributed by atoms with E-state index in [1.807, 2.05) is 0 Å². The number of imide groups is 1. The SMILES string of the molecule is COc1cc(C=C2SC(=O)NC2=O)ccc1Oc1ccc(C(F)(F)F)cc1. The number of halogens is 3. The van der Waals surface area contributed by atoms with Gasteiger partial charge in [0.1, 0.15) is 5.75 Å². The van der Waals surface area contributed by atoms with E-state index < -0.39 is 22.9 Å². The first kappa shape index (κ1) is 18.8. The molecule has 1 aliphatic heterocycles. The number of benzene rings is 2. The van der Waals surface area contributed by atoms with Gasteiger partial charge in [0.15, 0.2) is 11.5 Å². The van der Waals surface area contributed by atoms with Gasteiger partial charge in [0.25, 0.3) is 11.1 Å². The molecular formula is C18H12F3NO4S. The summed E-state index contributed by atoms with van der Waals surface area (Å²) in [4.78, 5) is 23.0. The van der Waals surface area contributed by atoms with Crippen molar-refractivity contribution in [1.82, 2.24) is 5.32 Å². The van der Waals surface area contributed by atoms with Crippen LogP contribution in [-0.4, -0.2) is 18.3 Å². The van der Waals surface area contributed by atoms with Gasteiger partial charge in [-0.3, -0.25) is 14.9 Å². The molecule has 0 unspecified atom stereocenters. The quantitative estimate of drug-likeness (QED) is 0.752. The molecular weight excluding hydrogens is 383 g/mol. The normalized spacial score (nSPS) is 15.8. The van der Waals surface area contributed by atoms with Gasteiger partial charge >= 0.3 is 6.18 Å². The third-order valence-corrected chi connectivity index (χ3v) is 4.35. The zero-order valence-electron chi connectivity index (χ0n) is 13.8. The molecule has 0 bridgehead atoms. The number of ether oxygens (including phenoxy) is 2. The Kier molecular flexibility index (Phi) is 5.13. The summed E-state index contributed by atoms with van der Waals surface area (Å²) in [7, 11) is 1.41. The second-order valence-electron chi connectivity index (χ2n) is 5.39. The van der Waals surface area contributed by atoms with Crippen LogP contribution in [0.25, 0.3) is 6.08 Å². The lowest BCUT2D eigenvalue weighted by atomic mass is 10.1. The molecule has 0 atom stereocenters. The first-order chi connectivity index (χ1) is 12.8. The van der Waals surface area contributed by atoms with Crippen LogP contribution in [-0.2, 0) is 11.0 Å². The Hall–Kier alpha value is -2.94. The number of nitrogens with one attached hydrogen (secondary N) is 1. The fraction of sp³-hybridized carbons (Fsp3) is 0.111. The van der Waals surface area contributed by atoms with E-state index in [4.69, 9.17) is 9.47 Å². The molecule has 2 aromatic carbocycles. The lowest BCUT2D eigenvalue weighted by Gasteiger charge is -2.12. The van der Waals surface area contributed by atoms with E-state index in [9.17, 15) is 22.8 Å². The summed E-state index contributed by atoms with van der Waals surface area (Å²) in [5.41, 5.74) is -0.176. The van der Waals surface area contributed by atoms with Crippen molar-refractivity contribution in [3.8, 4) is 17.2 Å².